The molecule has 0 radical (unpaired) electrons. The Balaban J connectivity index is -0.000000320. The summed E-state index contributed by atoms with van der Waals surface area (Å²) in [6.45, 7) is 0. The molecule has 0 aromatic rings. The zero-order valence-electron chi connectivity index (χ0n) is 4.25. The van der Waals surface area contributed by atoms with E-state index >= 15 is 0 Å². The summed E-state index contributed by atoms with van der Waals surface area (Å²) in [5.74, 6) is 0. The summed E-state index contributed by atoms with van der Waals surface area (Å²) < 4.78 is 56.3. The molecular weight excluding hydrogens is 271 g/mol. The minimum atomic E-state index is -5.76. The predicted molar refractivity (Wildman–Crippen MR) is 19.0 cm³/mol. The Kier molecular flexibility index (Phi) is 10.5. The van der Waals surface area contributed by atoms with Crippen molar-refractivity contribution < 1.29 is 59.1 Å². The van der Waals surface area contributed by atoms with Crippen molar-refractivity contribution >= 4 is 51.4 Å². The first-order valence-electron chi connectivity index (χ1n) is 1.37. The van der Waals surface area contributed by atoms with Gasteiger partial charge in [-0.05, 0) is 0 Å². The Labute approximate surface area is 108 Å². The van der Waals surface area contributed by atoms with Gasteiger partial charge in [-0.15, -0.1) is 0 Å². The van der Waals surface area contributed by atoms with Crippen LogP contribution in [-0.2, 0) is 45.3 Å². The first kappa shape index (κ1) is 18.5. The quantitative estimate of drug-likeness (QED) is 0.506. The van der Waals surface area contributed by atoms with Gasteiger partial charge in [0.25, 0.3) is 0 Å². The Morgan fingerprint density at radius 1 is 0.909 bits per heavy atom. The van der Waals surface area contributed by atoms with Crippen molar-refractivity contribution in [1.29, 1.82) is 0 Å². The van der Waals surface area contributed by atoms with Crippen LogP contribution in [-0.4, -0.2) is 65.2 Å². The van der Waals surface area contributed by atoms with Gasteiger partial charge in [-0.25, -0.2) is 0 Å². The third kappa shape index (κ3) is 18.6. The van der Waals surface area contributed by atoms with Crippen molar-refractivity contribution in [2.45, 2.75) is 0 Å². The van der Waals surface area contributed by atoms with E-state index in [0.717, 1.165) is 0 Å². The number of rotatable bonds is 2. The van der Waals surface area contributed by atoms with Crippen LogP contribution in [0.15, 0.2) is 0 Å². The second-order valence-corrected chi connectivity index (χ2v) is 4.68. The fourth-order valence-corrected chi connectivity index (χ4v) is 1.85. The second kappa shape index (κ2) is 6.23. The fraction of sp³-hybridized carbons (Fsp3) is 0. The Hall–Kier alpha value is 1.74. The topological polar surface area (TPSA) is 149 Å². The zero-order valence-corrected chi connectivity index (χ0v) is 6.80. The van der Waals surface area contributed by atoms with Gasteiger partial charge in [0.15, 0.2) is 0 Å². The van der Waals surface area contributed by atoms with E-state index in [2.05, 4.69) is 2.84 Å². The van der Waals surface area contributed by atoms with Gasteiger partial charge in [-0.1, -0.05) is 0 Å². The molecule has 11 heteroatoms. The Morgan fingerprint density at radius 2 is 1.09 bits per heavy atom. The van der Waals surface area contributed by atoms with Crippen LogP contribution in [0.2, 0.25) is 0 Å². The molecule has 4 N–H and O–H groups in total. The molecule has 0 heterocycles. The third-order valence-corrected chi connectivity index (χ3v) is 2.92. The van der Waals surface area contributed by atoms with Crippen molar-refractivity contribution in [1.82, 2.24) is 0 Å². The van der Waals surface area contributed by atoms with Crippen LogP contribution < -0.4 is 0 Å². The Bertz CT molecular complexity index is 237. The average Bonchev–Trinajstić information content (AvgIpc) is 1.14. The van der Waals surface area contributed by atoms with Crippen LogP contribution in [0.3, 0.4) is 0 Å². The van der Waals surface area contributed by atoms with Gasteiger partial charge < -0.3 is 5.48 Å². The van der Waals surface area contributed by atoms with E-state index in [4.69, 9.17) is 8.32 Å². The molecule has 0 aliphatic carbocycles. The van der Waals surface area contributed by atoms with E-state index in [0.29, 0.717) is 0 Å². The molecule has 0 aliphatic heterocycles. The molecule has 0 atom stereocenters. The van der Waals surface area contributed by atoms with Crippen LogP contribution in [0, 0.1) is 0 Å². The minimum absolute atomic E-state index is 0. The zero-order chi connectivity index (χ0) is 7.71. The van der Waals surface area contributed by atoms with Gasteiger partial charge in [-0.3, -0.25) is 0 Å². The normalized spacial score (nSPS) is 11.1. The monoisotopic (exact) mass is 276 g/mol. The van der Waals surface area contributed by atoms with E-state index in [1.807, 2.05) is 0 Å². The molecule has 0 aliphatic rings. The van der Waals surface area contributed by atoms with Gasteiger partial charge in [0, 0.05) is 0 Å². The van der Waals surface area contributed by atoms with E-state index < -0.39 is 27.2 Å². The van der Waals surface area contributed by atoms with Gasteiger partial charge >= 0.3 is 105 Å². The van der Waals surface area contributed by atoms with Gasteiger partial charge in [0.05, 0.1) is 0 Å². The van der Waals surface area contributed by atoms with Crippen LogP contribution in [0.1, 0.15) is 0 Å². The van der Waals surface area contributed by atoms with Crippen molar-refractivity contribution in [3.05, 3.63) is 0 Å². The summed E-state index contributed by atoms with van der Waals surface area (Å²) in [7, 11) is 0. The molecular formula is H5Cr2KO8. The second-order valence-electron chi connectivity index (χ2n) is 0.924. The SMILES string of the molecule is O.[KH].[O]=[Cr](=[O])([OH])[O][Cr](=[O])(=[O])[OH]. The molecule has 0 rings (SSSR count). The van der Waals surface area contributed by atoms with Gasteiger partial charge in [0.2, 0.25) is 0 Å². The standard InChI is InChI=1S/2Cr.K.3H2O.5O.H/h;;;3*1H2;;;;;;/q2*+1;;;;;;;;;;/p-2. The molecule has 0 bridgehead atoms. The van der Waals surface area contributed by atoms with Crippen molar-refractivity contribution in [3.63, 3.8) is 0 Å². The molecule has 0 unspecified atom stereocenters. The molecule has 0 aromatic carbocycles. The number of hydrogen-bond acceptors (Lipinski definition) is 5. The number of hydrogen-bond donors (Lipinski definition) is 2. The fourth-order valence-electron chi connectivity index (χ4n) is 0.109. The molecule has 0 saturated heterocycles. The maximum atomic E-state index is 9.53. The van der Waals surface area contributed by atoms with Gasteiger partial charge in [-0.2, -0.15) is 0 Å². The molecule has 11 heavy (non-hydrogen) atoms. The summed E-state index contributed by atoms with van der Waals surface area (Å²) in [5.41, 5.74) is 0. The summed E-state index contributed by atoms with van der Waals surface area (Å²) in [6, 6.07) is 0. The van der Waals surface area contributed by atoms with Crippen LogP contribution in [0.4, 0.5) is 0 Å². The summed E-state index contributed by atoms with van der Waals surface area (Å²) >= 11 is -11.5. The van der Waals surface area contributed by atoms with Crippen molar-refractivity contribution in [2.75, 3.05) is 0 Å². The molecule has 0 spiro atoms. The molecule has 0 saturated carbocycles. The van der Waals surface area contributed by atoms with Gasteiger partial charge in [0.1, 0.15) is 0 Å². The van der Waals surface area contributed by atoms with Crippen molar-refractivity contribution in [2.24, 2.45) is 0 Å². The van der Waals surface area contributed by atoms with E-state index in [1.165, 1.54) is 0 Å². The first-order valence-corrected chi connectivity index (χ1v) is 5.63. The molecule has 0 aromatic heterocycles. The van der Waals surface area contributed by atoms with Crippen molar-refractivity contribution in [3.8, 4) is 0 Å². The van der Waals surface area contributed by atoms with Crippen LogP contribution >= 0.6 is 0 Å². The third-order valence-electron chi connectivity index (χ3n) is 0.172. The molecule has 66 valence electrons. The van der Waals surface area contributed by atoms with Crippen LogP contribution in [0.25, 0.3) is 0 Å². The molecule has 0 fully saturated rings. The summed E-state index contributed by atoms with van der Waals surface area (Å²) in [4.78, 5) is 0. The molecule has 8 nitrogen and oxygen atoms in total. The van der Waals surface area contributed by atoms with E-state index in [1.54, 1.807) is 0 Å². The van der Waals surface area contributed by atoms with E-state index in [9.17, 15) is 15.2 Å². The average molecular weight is 276 g/mol. The summed E-state index contributed by atoms with van der Waals surface area (Å²) in [6.07, 6.45) is 0. The van der Waals surface area contributed by atoms with E-state index in [-0.39, 0.29) is 56.9 Å². The summed E-state index contributed by atoms with van der Waals surface area (Å²) in [5, 5.41) is 0. The first-order chi connectivity index (χ1) is 3.71. The van der Waals surface area contributed by atoms with Crippen LogP contribution in [0.5, 0.6) is 0 Å². The molecule has 0 amide bonds. The Morgan fingerprint density at radius 3 is 1.09 bits per heavy atom. The maximum absolute atomic E-state index is 9.53. The predicted octanol–water partition coefficient (Wildman–Crippen LogP) is -3.14.